The number of hydrogen-bond donors (Lipinski definition) is 1. The second-order valence-electron chi connectivity index (χ2n) is 7.34. The first kappa shape index (κ1) is 22.5. The van der Waals surface area contributed by atoms with Crippen molar-refractivity contribution in [3.8, 4) is 17.0 Å². The number of H-pyrrole nitrogens is 1. The molecule has 1 fully saturated rings. The van der Waals surface area contributed by atoms with Crippen molar-refractivity contribution in [2.24, 2.45) is 0 Å². The van der Waals surface area contributed by atoms with Crippen LogP contribution in [0.15, 0.2) is 48.5 Å². The van der Waals surface area contributed by atoms with E-state index >= 15 is 0 Å². The predicted molar refractivity (Wildman–Crippen MR) is 118 cm³/mol. The number of ether oxygens (including phenoxy) is 1. The highest BCUT2D eigenvalue weighted by Crippen LogP contribution is 2.26. The van der Waals surface area contributed by atoms with E-state index in [2.05, 4.69) is 19.8 Å². The summed E-state index contributed by atoms with van der Waals surface area (Å²) in [6, 6.07) is 13.2. The van der Waals surface area contributed by atoms with Gasteiger partial charge in [-0.1, -0.05) is 29.3 Å². The monoisotopic (exact) mass is 480 g/mol. The van der Waals surface area contributed by atoms with Gasteiger partial charge in [0, 0.05) is 53.9 Å². The number of aromatic amines is 1. The first-order valence-electron chi connectivity index (χ1n) is 9.96. The van der Waals surface area contributed by atoms with E-state index in [1.165, 1.54) is 12.1 Å². The number of nitrogens with zero attached hydrogens (tertiary/aromatic N) is 3. The zero-order valence-electron chi connectivity index (χ0n) is 16.9. The number of carbonyl (C=O) groups is 1. The molecule has 2 aromatic carbocycles. The summed E-state index contributed by atoms with van der Waals surface area (Å²) in [6.07, 6.45) is 0. The van der Waals surface area contributed by atoms with Crippen molar-refractivity contribution in [2.75, 3.05) is 26.2 Å². The SMILES string of the molecule is O=C(c1cc(-c2ccc(OC(F)F)cc2)n[nH]1)N1CCN(Cc2c(Cl)cccc2Cl)CC1. The molecule has 0 bridgehead atoms. The molecule has 1 aliphatic heterocycles. The van der Waals surface area contributed by atoms with Gasteiger partial charge < -0.3 is 9.64 Å². The average Bonchev–Trinajstić information content (AvgIpc) is 3.27. The van der Waals surface area contributed by atoms with E-state index in [9.17, 15) is 13.6 Å². The first-order chi connectivity index (χ1) is 15.4. The molecule has 0 saturated carbocycles. The van der Waals surface area contributed by atoms with E-state index < -0.39 is 6.61 Å². The van der Waals surface area contributed by atoms with E-state index in [4.69, 9.17) is 23.2 Å². The maximum Gasteiger partial charge on any atom is 0.387 e. The highest BCUT2D eigenvalue weighted by atomic mass is 35.5. The van der Waals surface area contributed by atoms with Crippen molar-refractivity contribution >= 4 is 29.1 Å². The van der Waals surface area contributed by atoms with E-state index in [1.54, 1.807) is 23.1 Å². The Morgan fingerprint density at radius 1 is 1.06 bits per heavy atom. The van der Waals surface area contributed by atoms with Crippen molar-refractivity contribution in [2.45, 2.75) is 13.2 Å². The molecule has 1 aromatic heterocycles. The average molecular weight is 481 g/mol. The molecule has 1 N–H and O–H groups in total. The minimum absolute atomic E-state index is 0.0616. The summed E-state index contributed by atoms with van der Waals surface area (Å²) in [7, 11) is 0. The molecule has 2 heterocycles. The van der Waals surface area contributed by atoms with Crippen LogP contribution in [0, 0.1) is 0 Å². The molecule has 1 saturated heterocycles. The third kappa shape index (κ3) is 5.20. The van der Waals surface area contributed by atoms with Gasteiger partial charge in [0.1, 0.15) is 11.4 Å². The fourth-order valence-electron chi connectivity index (χ4n) is 3.57. The fourth-order valence-corrected chi connectivity index (χ4v) is 4.09. The molecule has 4 rings (SSSR count). The smallest absolute Gasteiger partial charge is 0.387 e. The molecule has 0 atom stereocenters. The molecule has 168 valence electrons. The van der Waals surface area contributed by atoms with Gasteiger partial charge in [0.05, 0.1) is 5.69 Å². The molecule has 0 spiro atoms. The summed E-state index contributed by atoms with van der Waals surface area (Å²) in [6.45, 7) is 0.265. The second kappa shape index (κ2) is 9.85. The van der Waals surface area contributed by atoms with Crippen molar-refractivity contribution in [1.82, 2.24) is 20.0 Å². The largest absolute Gasteiger partial charge is 0.435 e. The molecule has 32 heavy (non-hydrogen) atoms. The number of piperazine rings is 1. The van der Waals surface area contributed by atoms with Crippen LogP contribution in [0.2, 0.25) is 10.0 Å². The van der Waals surface area contributed by atoms with E-state index in [1.807, 2.05) is 18.2 Å². The Morgan fingerprint density at radius 3 is 2.34 bits per heavy atom. The molecular formula is C22H20Cl2F2N4O2. The normalized spacial score (nSPS) is 14.7. The number of benzene rings is 2. The van der Waals surface area contributed by atoms with Gasteiger partial charge in [-0.25, -0.2) is 0 Å². The van der Waals surface area contributed by atoms with E-state index in [0.717, 1.165) is 5.56 Å². The Hall–Kier alpha value is -2.68. The summed E-state index contributed by atoms with van der Waals surface area (Å²) >= 11 is 12.5. The van der Waals surface area contributed by atoms with Crippen LogP contribution in [0.1, 0.15) is 16.1 Å². The topological polar surface area (TPSA) is 61.5 Å². The maximum atomic E-state index is 12.9. The van der Waals surface area contributed by atoms with E-state index in [-0.39, 0.29) is 11.7 Å². The van der Waals surface area contributed by atoms with Crippen molar-refractivity contribution in [1.29, 1.82) is 0 Å². The zero-order chi connectivity index (χ0) is 22.7. The zero-order valence-corrected chi connectivity index (χ0v) is 18.4. The standard InChI is InChI=1S/C22H20Cl2F2N4O2/c23-17-2-1-3-18(24)16(17)13-29-8-10-30(11-9-29)21(31)20-12-19(27-28-20)14-4-6-15(7-5-14)32-22(25)26/h1-7,12,22H,8-11,13H2,(H,27,28). The van der Waals surface area contributed by atoms with Gasteiger partial charge in [-0.15, -0.1) is 0 Å². The Bertz CT molecular complexity index is 1060. The molecule has 0 unspecified atom stereocenters. The van der Waals surface area contributed by atoms with Crippen molar-refractivity contribution < 1.29 is 18.3 Å². The molecular weight excluding hydrogens is 461 g/mol. The third-order valence-corrected chi connectivity index (χ3v) is 5.99. The molecule has 10 heteroatoms. The molecule has 1 aliphatic rings. The van der Waals surface area contributed by atoms with Crippen LogP contribution < -0.4 is 4.74 Å². The maximum absolute atomic E-state index is 12.9. The summed E-state index contributed by atoms with van der Waals surface area (Å²) in [4.78, 5) is 16.9. The third-order valence-electron chi connectivity index (χ3n) is 5.29. The van der Waals surface area contributed by atoms with E-state index in [0.29, 0.717) is 59.7 Å². The molecule has 3 aromatic rings. The minimum Gasteiger partial charge on any atom is -0.435 e. The van der Waals surface area contributed by atoms with Gasteiger partial charge in [0.2, 0.25) is 0 Å². The predicted octanol–water partition coefficient (Wildman–Crippen LogP) is 4.94. The molecule has 0 aliphatic carbocycles. The summed E-state index contributed by atoms with van der Waals surface area (Å²) in [5, 5.41) is 8.22. The summed E-state index contributed by atoms with van der Waals surface area (Å²) in [5.74, 6) is -0.0802. The van der Waals surface area contributed by atoms with Crippen molar-refractivity contribution in [3.05, 3.63) is 69.8 Å². The van der Waals surface area contributed by atoms with Crippen LogP contribution in [-0.4, -0.2) is 58.7 Å². The van der Waals surface area contributed by atoms with Gasteiger partial charge in [-0.3, -0.25) is 14.8 Å². The lowest BCUT2D eigenvalue weighted by molar-refractivity contribution is -0.0498. The van der Waals surface area contributed by atoms with Crippen LogP contribution in [0.5, 0.6) is 5.75 Å². The quantitative estimate of drug-likeness (QED) is 0.542. The lowest BCUT2D eigenvalue weighted by atomic mass is 10.1. The molecule has 1 amide bonds. The van der Waals surface area contributed by atoms with Crippen LogP contribution >= 0.6 is 23.2 Å². The van der Waals surface area contributed by atoms with Gasteiger partial charge in [-0.2, -0.15) is 13.9 Å². The summed E-state index contributed by atoms with van der Waals surface area (Å²) < 4.78 is 28.9. The lowest BCUT2D eigenvalue weighted by Gasteiger charge is -2.34. The Kier molecular flexibility index (Phi) is 6.93. The van der Waals surface area contributed by atoms with Gasteiger partial charge in [0.15, 0.2) is 0 Å². The van der Waals surface area contributed by atoms with Crippen LogP contribution in [-0.2, 0) is 6.54 Å². The number of hydrogen-bond acceptors (Lipinski definition) is 4. The number of nitrogens with one attached hydrogen (secondary N) is 1. The highest BCUT2D eigenvalue weighted by molar-refractivity contribution is 6.35. The number of halogens is 4. The number of aromatic nitrogens is 2. The fraction of sp³-hybridized carbons (Fsp3) is 0.273. The Morgan fingerprint density at radius 2 is 1.72 bits per heavy atom. The Balaban J connectivity index is 1.35. The molecule has 0 radical (unpaired) electrons. The highest BCUT2D eigenvalue weighted by Gasteiger charge is 2.24. The number of rotatable bonds is 6. The second-order valence-corrected chi connectivity index (χ2v) is 8.15. The van der Waals surface area contributed by atoms with Crippen LogP contribution in [0.25, 0.3) is 11.3 Å². The minimum atomic E-state index is -2.88. The summed E-state index contributed by atoms with van der Waals surface area (Å²) in [5.41, 5.74) is 2.49. The van der Waals surface area contributed by atoms with Crippen LogP contribution in [0.4, 0.5) is 8.78 Å². The van der Waals surface area contributed by atoms with Gasteiger partial charge >= 0.3 is 6.61 Å². The van der Waals surface area contributed by atoms with Crippen molar-refractivity contribution in [3.63, 3.8) is 0 Å². The number of alkyl halides is 2. The molecule has 6 nitrogen and oxygen atoms in total. The lowest BCUT2D eigenvalue weighted by Crippen LogP contribution is -2.48. The number of amides is 1. The number of carbonyl (C=O) groups excluding carboxylic acids is 1. The Labute approximate surface area is 193 Å². The van der Waals surface area contributed by atoms with Crippen LogP contribution in [0.3, 0.4) is 0 Å². The first-order valence-corrected chi connectivity index (χ1v) is 10.7. The van der Waals surface area contributed by atoms with Gasteiger partial charge in [-0.05, 0) is 42.5 Å². The van der Waals surface area contributed by atoms with Gasteiger partial charge in [0.25, 0.3) is 5.91 Å².